The van der Waals surface area contributed by atoms with E-state index < -0.39 is 5.97 Å². The van der Waals surface area contributed by atoms with Crippen LogP contribution in [0.15, 0.2) is 41.4 Å². The smallest absolute Gasteiger partial charge is 0.341 e. The Hall–Kier alpha value is -2.01. The topological polar surface area (TPSA) is 59.4 Å². The van der Waals surface area contributed by atoms with E-state index in [0.29, 0.717) is 11.3 Å². The van der Waals surface area contributed by atoms with E-state index in [4.69, 9.17) is 4.74 Å². The summed E-state index contributed by atoms with van der Waals surface area (Å²) >= 11 is 1.63. The molecule has 0 saturated heterocycles. The molecule has 0 bridgehead atoms. The van der Waals surface area contributed by atoms with Crippen LogP contribution in [-0.4, -0.2) is 22.3 Å². The Morgan fingerprint density at radius 1 is 1.26 bits per heavy atom. The molecule has 0 atom stereocenters. The molecule has 0 spiro atoms. The summed E-state index contributed by atoms with van der Waals surface area (Å²) in [7, 11) is 0. The van der Waals surface area contributed by atoms with Crippen molar-refractivity contribution in [1.82, 2.24) is 4.98 Å². The largest absolute Gasteiger partial charge is 0.477 e. The number of ether oxygens (including phenoxy) is 1. The van der Waals surface area contributed by atoms with Crippen LogP contribution >= 0.6 is 11.8 Å². The molecular weight excluding hydrogens is 262 g/mol. The van der Waals surface area contributed by atoms with Crippen LogP contribution < -0.4 is 4.74 Å². The lowest BCUT2D eigenvalue weighted by molar-refractivity contribution is 0.0692. The maximum absolute atomic E-state index is 11.2. The molecule has 0 amide bonds. The maximum atomic E-state index is 11.2. The van der Waals surface area contributed by atoms with Crippen molar-refractivity contribution < 1.29 is 14.6 Å². The van der Waals surface area contributed by atoms with Crippen LogP contribution in [-0.2, 0) is 0 Å². The van der Waals surface area contributed by atoms with E-state index in [1.807, 2.05) is 18.4 Å². The van der Waals surface area contributed by atoms with Gasteiger partial charge in [-0.05, 0) is 49.1 Å². The number of carbonyl (C=O) groups is 1. The minimum atomic E-state index is -1.04. The summed E-state index contributed by atoms with van der Waals surface area (Å²) in [5, 5.41) is 9.18. The van der Waals surface area contributed by atoms with Crippen molar-refractivity contribution >= 4 is 17.7 Å². The zero-order chi connectivity index (χ0) is 13.8. The zero-order valence-electron chi connectivity index (χ0n) is 10.6. The Kier molecular flexibility index (Phi) is 4.06. The molecule has 0 aliphatic heterocycles. The molecule has 1 N–H and O–H groups in total. The molecule has 98 valence electrons. The normalized spacial score (nSPS) is 10.2. The molecular formula is C14H13NO3S. The van der Waals surface area contributed by atoms with E-state index in [0.717, 1.165) is 4.90 Å². The second-order valence-corrected chi connectivity index (χ2v) is 4.77. The van der Waals surface area contributed by atoms with Gasteiger partial charge in [0, 0.05) is 11.1 Å². The van der Waals surface area contributed by atoms with Gasteiger partial charge in [-0.25, -0.2) is 9.78 Å². The van der Waals surface area contributed by atoms with Gasteiger partial charge >= 0.3 is 5.97 Å². The predicted molar refractivity (Wildman–Crippen MR) is 74.2 cm³/mol. The molecule has 0 aliphatic carbocycles. The molecule has 1 heterocycles. The molecule has 2 rings (SSSR count). The van der Waals surface area contributed by atoms with E-state index in [1.54, 1.807) is 36.9 Å². The summed E-state index contributed by atoms with van der Waals surface area (Å²) in [6.07, 6.45) is 3.52. The predicted octanol–water partition coefficient (Wildman–Crippen LogP) is 3.60. The number of carboxylic acid groups (broad SMARTS) is 1. The Morgan fingerprint density at radius 2 is 1.95 bits per heavy atom. The highest BCUT2D eigenvalue weighted by atomic mass is 32.2. The number of rotatable bonds is 4. The minimum Gasteiger partial charge on any atom is -0.477 e. The lowest BCUT2D eigenvalue weighted by Gasteiger charge is -2.09. The molecule has 5 heteroatoms. The summed E-state index contributed by atoms with van der Waals surface area (Å²) in [5.41, 5.74) is 0.717. The van der Waals surface area contributed by atoms with E-state index >= 15 is 0 Å². The second kappa shape index (κ2) is 5.75. The summed E-state index contributed by atoms with van der Waals surface area (Å²) in [6, 6.07) is 9.06. The van der Waals surface area contributed by atoms with Crippen molar-refractivity contribution in [3.8, 4) is 11.6 Å². The van der Waals surface area contributed by atoms with E-state index in [-0.39, 0.29) is 11.4 Å². The third-order valence-electron chi connectivity index (χ3n) is 2.61. The van der Waals surface area contributed by atoms with Crippen LogP contribution in [0.1, 0.15) is 15.9 Å². The fourth-order valence-corrected chi connectivity index (χ4v) is 2.03. The van der Waals surface area contributed by atoms with Gasteiger partial charge in [0.1, 0.15) is 11.3 Å². The number of benzene rings is 1. The van der Waals surface area contributed by atoms with Crippen molar-refractivity contribution in [2.75, 3.05) is 6.26 Å². The van der Waals surface area contributed by atoms with E-state index in [2.05, 4.69) is 4.98 Å². The second-order valence-electron chi connectivity index (χ2n) is 3.89. The van der Waals surface area contributed by atoms with Gasteiger partial charge in [0.15, 0.2) is 0 Å². The molecule has 4 nitrogen and oxygen atoms in total. The van der Waals surface area contributed by atoms with Gasteiger partial charge in [-0.15, -0.1) is 11.8 Å². The number of pyridine rings is 1. The number of nitrogens with zero attached hydrogens (tertiary/aromatic N) is 1. The first-order valence-corrected chi connectivity index (χ1v) is 6.85. The van der Waals surface area contributed by atoms with Gasteiger partial charge in [-0.3, -0.25) is 0 Å². The first kappa shape index (κ1) is 13.4. The number of aryl methyl sites for hydroxylation is 1. The Morgan fingerprint density at radius 3 is 2.53 bits per heavy atom. The minimum absolute atomic E-state index is 0.0939. The van der Waals surface area contributed by atoms with E-state index in [9.17, 15) is 9.90 Å². The van der Waals surface area contributed by atoms with Crippen LogP contribution in [0.3, 0.4) is 0 Å². The Bertz CT molecular complexity index is 596. The molecule has 19 heavy (non-hydrogen) atoms. The third-order valence-corrected chi connectivity index (χ3v) is 3.36. The van der Waals surface area contributed by atoms with E-state index in [1.165, 1.54) is 6.20 Å². The van der Waals surface area contributed by atoms with Gasteiger partial charge in [0.25, 0.3) is 0 Å². The van der Waals surface area contributed by atoms with Crippen molar-refractivity contribution in [2.24, 2.45) is 0 Å². The summed E-state index contributed by atoms with van der Waals surface area (Å²) in [5.74, 6) is -0.357. The van der Waals surface area contributed by atoms with Crippen LogP contribution in [0.4, 0.5) is 0 Å². The summed E-state index contributed by atoms with van der Waals surface area (Å²) in [4.78, 5) is 16.3. The first-order chi connectivity index (χ1) is 9.11. The number of aromatic nitrogens is 1. The van der Waals surface area contributed by atoms with Crippen LogP contribution in [0.2, 0.25) is 0 Å². The van der Waals surface area contributed by atoms with Gasteiger partial charge in [0.2, 0.25) is 5.88 Å². The fraction of sp³-hybridized carbons (Fsp3) is 0.143. The average Bonchev–Trinajstić information content (AvgIpc) is 2.39. The monoisotopic (exact) mass is 275 g/mol. The lowest BCUT2D eigenvalue weighted by Crippen LogP contribution is -2.04. The fourth-order valence-electron chi connectivity index (χ4n) is 1.63. The molecule has 2 aromatic rings. The number of hydrogen-bond acceptors (Lipinski definition) is 4. The van der Waals surface area contributed by atoms with Gasteiger partial charge in [0.05, 0.1) is 0 Å². The summed E-state index contributed by atoms with van der Waals surface area (Å²) < 4.78 is 5.55. The van der Waals surface area contributed by atoms with Crippen LogP contribution in [0, 0.1) is 6.92 Å². The molecule has 0 fully saturated rings. The van der Waals surface area contributed by atoms with Gasteiger partial charge < -0.3 is 9.84 Å². The molecule has 0 aliphatic rings. The highest BCUT2D eigenvalue weighted by Crippen LogP contribution is 2.26. The molecule has 0 radical (unpaired) electrons. The maximum Gasteiger partial charge on any atom is 0.341 e. The van der Waals surface area contributed by atoms with Crippen LogP contribution in [0.25, 0.3) is 0 Å². The zero-order valence-corrected chi connectivity index (χ0v) is 11.4. The number of thioether (sulfide) groups is 1. The third kappa shape index (κ3) is 3.06. The lowest BCUT2D eigenvalue weighted by atomic mass is 10.1. The highest BCUT2D eigenvalue weighted by Gasteiger charge is 2.16. The first-order valence-electron chi connectivity index (χ1n) is 5.62. The Balaban J connectivity index is 2.32. The molecule has 1 aromatic carbocycles. The quantitative estimate of drug-likeness (QED) is 0.864. The standard InChI is InChI=1S/C14H13NO3S/c1-9-7-8-15-13(12(9)14(16)17)18-10-3-5-11(19-2)6-4-10/h3-8H,1-2H3,(H,16,17). The number of aromatic carboxylic acids is 1. The summed E-state index contributed by atoms with van der Waals surface area (Å²) in [6.45, 7) is 1.72. The average molecular weight is 275 g/mol. The van der Waals surface area contributed by atoms with Crippen LogP contribution in [0.5, 0.6) is 11.6 Å². The van der Waals surface area contributed by atoms with Crippen molar-refractivity contribution in [2.45, 2.75) is 11.8 Å². The van der Waals surface area contributed by atoms with Crippen molar-refractivity contribution in [3.05, 3.63) is 47.7 Å². The van der Waals surface area contributed by atoms with Gasteiger partial charge in [-0.1, -0.05) is 0 Å². The molecule has 1 aromatic heterocycles. The van der Waals surface area contributed by atoms with Gasteiger partial charge in [-0.2, -0.15) is 0 Å². The van der Waals surface area contributed by atoms with Crippen molar-refractivity contribution in [3.63, 3.8) is 0 Å². The number of carboxylic acids is 1. The van der Waals surface area contributed by atoms with Crippen molar-refractivity contribution in [1.29, 1.82) is 0 Å². The molecule has 0 unspecified atom stereocenters. The highest BCUT2D eigenvalue weighted by molar-refractivity contribution is 7.98. The Labute approximate surface area is 115 Å². The molecule has 0 saturated carbocycles. The SMILES string of the molecule is CSc1ccc(Oc2nccc(C)c2C(=O)O)cc1. The number of hydrogen-bond donors (Lipinski definition) is 1.